The average Bonchev–Trinajstić information content (AvgIpc) is 3.23. The van der Waals surface area contributed by atoms with Crippen LogP contribution in [0.1, 0.15) is 23.0 Å². The summed E-state index contributed by atoms with van der Waals surface area (Å²) in [4.78, 5) is 0. The third-order valence-corrected chi connectivity index (χ3v) is 4.88. The highest BCUT2D eigenvalue weighted by Crippen LogP contribution is 2.25. The van der Waals surface area contributed by atoms with Gasteiger partial charge in [0.1, 0.15) is 17.3 Å². The van der Waals surface area contributed by atoms with Crippen LogP contribution < -0.4 is 4.72 Å². The predicted molar refractivity (Wildman–Crippen MR) is 86.3 cm³/mol. The van der Waals surface area contributed by atoms with Gasteiger partial charge in [-0.05, 0) is 30.3 Å². The Balaban J connectivity index is 1.73. The van der Waals surface area contributed by atoms with Gasteiger partial charge >= 0.3 is 0 Å². The summed E-state index contributed by atoms with van der Waals surface area (Å²) in [5.41, 5.74) is 0.123. The van der Waals surface area contributed by atoms with E-state index in [0.717, 1.165) is 0 Å². The van der Waals surface area contributed by atoms with Gasteiger partial charge in [-0.25, -0.2) is 17.5 Å². The van der Waals surface area contributed by atoms with Crippen LogP contribution >= 0.6 is 0 Å². The molecular weight excluding hydrogens is 333 g/mol. The maximum absolute atomic E-state index is 13.6. The predicted octanol–water partition coefficient (Wildman–Crippen LogP) is 3.26. The second-order valence-electron chi connectivity index (χ2n) is 5.28. The summed E-state index contributed by atoms with van der Waals surface area (Å²) < 4.78 is 51.4. The van der Waals surface area contributed by atoms with Gasteiger partial charge < -0.3 is 8.83 Å². The van der Waals surface area contributed by atoms with Crippen molar-refractivity contribution >= 4 is 10.0 Å². The van der Waals surface area contributed by atoms with Crippen molar-refractivity contribution in [2.75, 3.05) is 6.54 Å². The highest BCUT2D eigenvalue weighted by atomic mass is 32.2. The van der Waals surface area contributed by atoms with E-state index in [1.54, 1.807) is 30.3 Å². The highest BCUT2D eigenvalue weighted by molar-refractivity contribution is 7.88. The summed E-state index contributed by atoms with van der Waals surface area (Å²) in [5, 5.41) is 0. The second kappa shape index (κ2) is 7.02. The summed E-state index contributed by atoms with van der Waals surface area (Å²) in [6.45, 7) is 0.0534. The number of sulfonamides is 1. The molecule has 1 N–H and O–H groups in total. The zero-order valence-corrected chi connectivity index (χ0v) is 13.5. The number of furan rings is 2. The molecule has 7 heteroatoms. The minimum absolute atomic E-state index is 0.0534. The van der Waals surface area contributed by atoms with Crippen molar-refractivity contribution in [3.63, 3.8) is 0 Å². The Morgan fingerprint density at radius 1 is 0.958 bits per heavy atom. The molecule has 0 saturated heterocycles. The molecule has 0 bridgehead atoms. The van der Waals surface area contributed by atoms with Gasteiger partial charge in [-0.15, -0.1) is 0 Å². The number of halogens is 1. The molecule has 0 atom stereocenters. The van der Waals surface area contributed by atoms with E-state index >= 15 is 0 Å². The summed E-state index contributed by atoms with van der Waals surface area (Å²) in [7, 11) is -3.71. The Kier molecular flexibility index (Phi) is 4.82. The van der Waals surface area contributed by atoms with Crippen molar-refractivity contribution < 1.29 is 21.6 Å². The van der Waals surface area contributed by atoms with E-state index in [2.05, 4.69) is 4.72 Å². The largest absolute Gasteiger partial charge is 0.469 e. The second-order valence-corrected chi connectivity index (χ2v) is 7.09. The lowest BCUT2D eigenvalue weighted by atomic mass is 10.0. The smallest absolute Gasteiger partial charge is 0.215 e. The van der Waals surface area contributed by atoms with Crippen LogP contribution in [0.25, 0.3) is 0 Å². The van der Waals surface area contributed by atoms with Crippen LogP contribution in [0.15, 0.2) is 69.9 Å². The van der Waals surface area contributed by atoms with Crippen molar-refractivity contribution in [1.82, 2.24) is 4.72 Å². The summed E-state index contributed by atoms with van der Waals surface area (Å²) in [5.74, 6) is -0.207. The summed E-state index contributed by atoms with van der Waals surface area (Å²) >= 11 is 0. The third kappa shape index (κ3) is 3.93. The van der Waals surface area contributed by atoms with Gasteiger partial charge in [0.25, 0.3) is 0 Å². The van der Waals surface area contributed by atoms with E-state index in [1.807, 2.05) is 0 Å². The highest BCUT2D eigenvalue weighted by Gasteiger charge is 2.23. The first-order chi connectivity index (χ1) is 11.6. The molecule has 0 aliphatic rings. The van der Waals surface area contributed by atoms with Gasteiger partial charge in [-0.1, -0.05) is 18.2 Å². The fourth-order valence-corrected chi connectivity index (χ4v) is 3.57. The Hall–Kier alpha value is -2.38. The molecule has 2 heterocycles. The first-order valence-electron chi connectivity index (χ1n) is 7.33. The monoisotopic (exact) mass is 349 g/mol. The topological polar surface area (TPSA) is 72.5 Å². The number of hydrogen-bond acceptors (Lipinski definition) is 4. The zero-order valence-electron chi connectivity index (χ0n) is 12.7. The van der Waals surface area contributed by atoms with Crippen LogP contribution in [0.4, 0.5) is 4.39 Å². The third-order valence-electron chi connectivity index (χ3n) is 3.58. The maximum Gasteiger partial charge on any atom is 0.215 e. The van der Waals surface area contributed by atoms with Crippen LogP contribution in [0, 0.1) is 5.82 Å². The van der Waals surface area contributed by atoms with E-state index < -0.39 is 27.5 Å². The van der Waals surface area contributed by atoms with Crippen LogP contribution in [0.5, 0.6) is 0 Å². The van der Waals surface area contributed by atoms with Gasteiger partial charge in [0.05, 0.1) is 24.2 Å². The van der Waals surface area contributed by atoms with Crippen LogP contribution in [0.3, 0.4) is 0 Å². The number of nitrogens with one attached hydrogen (secondary N) is 1. The molecule has 3 rings (SSSR count). The van der Waals surface area contributed by atoms with Crippen molar-refractivity contribution in [3.8, 4) is 0 Å². The Morgan fingerprint density at radius 2 is 1.58 bits per heavy atom. The van der Waals surface area contributed by atoms with Crippen LogP contribution in [-0.4, -0.2) is 15.0 Å². The van der Waals surface area contributed by atoms with Gasteiger partial charge in [-0.2, -0.15) is 0 Å². The minimum atomic E-state index is -3.71. The Bertz CT molecular complexity index is 839. The van der Waals surface area contributed by atoms with Gasteiger partial charge in [0, 0.05) is 12.1 Å². The van der Waals surface area contributed by atoms with Crippen LogP contribution in [0.2, 0.25) is 0 Å². The molecule has 0 fully saturated rings. The standard InChI is InChI=1S/C17H16FNO4S/c18-15-6-2-1-5-13(15)12-24(20,21)19-11-14(16-7-3-9-22-16)17-8-4-10-23-17/h1-10,14,19H,11-12H2. The number of benzene rings is 1. The van der Waals surface area contributed by atoms with E-state index in [1.165, 1.54) is 30.7 Å². The molecule has 0 spiro atoms. The van der Waals surface area contributed by atoms with Crippen molar-refractivity contribution in [1.29, 1.82) is 0 Å². The first-order valence-corrected chi connectivity index (χ1v) is 8.98. The first kappa shape index (κ1) is 16.5. The van der Waals surface area contributed by atoms with E-state index in [9.17, 15) is 12.8 Å². The molecule has 0 aliphatic carbocycles. The SMILES string of the molecule is O=S(=O)(Cc1ccccc1F)NCC(c1ccco1)c1ccco1. The molecule has 126 valence electrons. The van der Waals surface area contributed by atoms with E-state index in [0.29, 0.717) is 11.5 Å². The Morgan fingerprint density at radius 3 is 2.12 bits per heavy atom. The molecule has 3 aromatic rings. The molecule has 0 amide bonds. The maximum atomic E-state index is 13.6. The molecule has 5 nitrogen and oxygen atoms in total. The lowest BCUT2D eigenvalue weighted by molar-refractivity contribution is 0.424. The lowest BCUT2D eigenvalue weighted by Gasteiger charge is -2.14. The quantitative estimate of drug-likeness (QED) is 0.711. The fourth-order valence-electron chi connectivity index (χ4n) is 2.40. The Labute approximate surface area is 139 Å². The van der Waals surface area contributed by atoms with Crippen molar-refractivity contribution in [2.45, 2.75) is 11.7 Å². The van der Waals surface area contributed by atoms with Gasteiger partial charge in [0.15, 0.2) is 0 Å². The molecule has 0 aliphatic heterocycles. The lowest BCUT2D eigenvalue weighted by Crippen LogP contribution is -2.30. The van der Waals surface area contributed by atoms with Gasteiger partial charge in [0.2, 0.25) is 10.0 Å². The minimum Gasteiger partial charge on any atom is -0.469 e. The molecule has 24 heavy (non-hydrogen) atoms. The van der Waals surface area contributed by atoms with Crippen molar-refractivity contribution in [2.24, 2.45) is 0 Å². The van der Waals surface area contributed by atoms with Crippen molar-refractivity contribution in [3.05, 3.63) is 84.0 Å². The molecular formula is C17H16FNO4S. The molecule has 2 aromatic heterocycles. The van der Waals surface area contributed by atoms with E-state index in [-0.39, 0.29) is 12.1 Å². The van der Waals surface area contributed by atoms with Crippen LogP contribution in [-0.2, 0) is 15.8 Å². The fraction of sp³-hybridized carbons (Fsp3) is 0.176. The summed E-state index contributed by atoms with van der Waals surface area (Å²) in [6.07, 6.45) is 3.03. The molecule has 0 saturated carbocycles. The average molecular weight is 349 g/mol. The van der Waals surface area contributed by atoms with E-state index in [4.69, 9.17) is 8.83 Å². The molecule has 1 aromatic carbocycles. The molecule has 0 radical (unpaired) electrons. The molecule has 0 unspecified atom stereocenters. The van der Waals surface area contributed by atoms with Gasteiger partial charge in [-0.3, -0.25) is 0 Å². The zero-order chi connectivity index (χ0) is 17.0. The normalized spacial score (nSPS) is 11.9. The summed E-state index contributed by atoms with van der Waals surface area (Å²) in [6, 6.07) is 12.7. The number of rotatable bonds is 7. The number of hydrogen-bond donors (Lipinski definition) is 1.